The lowest BCUT2D eigenvalue weighted by Crippen LogP contribution is -2.57. The number of rotatable bonds is 9. The van der Waals surface area contributed by atoms with Crippen molar-refractivity contribution >= 4 is 18.3 Å². The zero-order chi connectivity index (χ0) is 31.6. The van der Waals surface area contributed by atoms with Crippen LogP contribution in [0.2, 0.25) is 0 Å². The number of aldehydes is 1. The molecular weight excluding hydrogens is 580 g/mol. The summed E-state index contributed by atoms with van der Waals surface area (Å²) in [7, 11) is 0. The predicted molar refractivity (Wildman–Crippen MR) is 161 cm³/mol. The fourth-order valence-electron chi connectivity index (χ4n) is 5.79. The molecule has 3 aliphatic rings. The molecular formula is C34H36N2O9. The van der Waals surface area contributed by atoms with Crippen molar-refractivity contribution in [1.29, 1.82) is 0 Å². The molecule has 0 saturated heterocycles. The fraction of sp³-hybridized carbons (Fsp3) is 0.382. The van der Waals surface area contributed by atoms with Crippen LogP contribution in [0.1, 0.15) is 49.1 Å². The van der Waals surface area contributed by atoms with Gasteiger partial charge in [-0.1, -0.05) is 36.4 Å². The van der Waals surface area contributed by atoms with Crippen molar-refractivity contribution < 1.29 is 42.8 Å². The van der Waals surface area contributed by atoms with Gasteiger partial charge in [-0.2, -0.15) is 0 Å². The second-order valence-corrected chi connectivity index (χ2v) is 12.2. The van der Waals surface area contributed by atoms with Crippen LogP contribution in [0.25, 0.3) is 0 Å². The van der Waals surface area contributed by atoms with E-state index in [0.29, 0.717) is 29.6 Å². The first-order valence-corrected chi connectivity index (χ1v) is 14.9. The average molecular weight is 617 g/mol. The highest BCUT2D eigenvalue weighted by atomic mass is 16.7. The molecule has 6 rings (SSSR count). The van der Waals surface area contributed by atoms with E-state index in [2.05, 4.69) is 5.32 Å². The number of fused-ring (bicyclic) bond motifs is 3. The van der Waals surface area contributed by atoms with E-state index >= 15 is 0 Å². The maximum absolute atomic E-state index is 14.6. The Morgan fingerprint density at radius 2 is 1.62 bits per heavy atom. The van der Waals surface area contributed by atoms with Gasteiger partial charge in [0.2, 0.25) is 19.5 Å². The molecule has 3 aromatic carbocycles. The third-order valence-corrected chi connectivity index (χ3v) is 7.78. The van der Waals surface area contributed by atoms with Gasteiger partial charge in [-0.15, -0.1) is 0 Å². The highest BCUT2D eigenvalue weighted by Crippen LogP contribution is 2.42. The van der Waals surface area contributed by atoms with Crippen LogP contribution in [-0.2, 0) is 38.5 Å². The van der Waals surface area contributed by atoms with Crippen LogP contribution >= 0.6 is 0 Å². The van der Waals surface area contributed by atoms with Crippen molar-refractivity contribution in [3.05, 3.63) is 82.9 Å². The molecule has 0 saturated carbocycles. The molecule has 236 valence electrons. The minimum atomic E-state index is -1.07. The van der Waals surface area contributed by atoms with Gasteiger partial charge in [0.1, 0.15) is 17.9 Å². The van der Waals surface area contributed by atoms with Crippen molar-refractivity contribution in [2.24, 2.45) is 0 Å². The molecule has 0 spiro atoms. The minimum absolute atomic E-state index is 0.0879. The molecule has 0 bridgehead atoms. The summed E-state index contributed by atoms with van der Waals surface area (Å²) < 4.78 is 33.9. The van der Waals surface area contributed by atoms with E-state index in [1.54, 1.807) is 32.9 Å². The number of benzene rings is 3. The number of nitrogens with zero attached hydrogens (tertiary/aromatic N) is 1. The maximum atomic E-state index is 14.6. The molecule has 3 aromatic rings. The SMILES string of the molecule is CC(C)(C)OC(=O)NC(Cc1ccc2c(c1)OCO2)C(=O)N1C(C=O)Cc2cc3c(cc2C1COCc1ccccc1)OCO3. The van der Waals surface area contributed by atoms with Crippen molar-refractivity contribution in [3.8, 4) is 23.0 Å². The van der Waals surface area contributed by atoms with E-state index < -0.39 is 35.7 Å². The first kappa shape index (κ1) is 30.3. The van der Waals surface area contributed by atoms with Crippen molar-refractivity contribution in [1.82, 2.24) is 10.2 Å². The number of amides is 2. The number of ether oxygens (including phenoxy) is 6. The Kier molecular flexibility index (Phi) is 8.53. The van der Waals surface area contributed by atoms with Gasteiger partial charge in [0.25, 0.3) is 0 Å². The highest BCUT2D eigenvalue weighted by molar-refractivity contribution is 5.89. The summed E-state index contributed by atoms with van der Waals surface area (Å²) in [5.74, 6) is 1.85. The minimum Gasteiger partial charge on any atom is -0.454 e. The van der Waals surface area contributed by atoms with Crippen molar-refractivity contribution in [3.63, 3.8) is 0 Å². The van der Waals surface area contributed by atoms with Gasteiger partial charge in [-0.05, 0) is 67.3 Å². The van der Waals surface area contributed by atoms with Gasteiger partial charge in [-0.3, -0.25) is 4.79 Å². The van der Waals surface area contributed by atoms with E-state index in [1.165, 1.54) is 4.90 Å². The number of carbonyl (C=O) groups is 3. The summed E-state index contributed by atoms with van der Waals surface area (Å²) in [6.45, 7) is 5.84. The van der Waals surface area contributed by atoms with Crippen LogP contribution in [0.4, 0.5) is 4.79 Å². The smallest absolute Gasteiger partial charge is 0.408 e. The summed E-state index contributed by atoms with van der Waals surface area (Å²) in [6.07, 6.45) is 0.393. The lowest BCUT2D eigenvalue weighted by molar-refractivity contribution is -0.144. The van der Waals surface area contributed by atoms with Gasteiger partial charge in [-0.25, -0.2) is 4.79 Å². The first-order valence-electron chi connectivity index (χ1n) is 14.9. The van der Waals surface area contributed by atoms with E-state index in [4.69, 9.17) is 28.4 Å². The average Bonchev–Trinajstić information content (AvgIpc) is 3.67. The number of alkyl carbamates (subject to hydrolysis) is 1. The number of hydrogen-bond donors (Lipinski definition) is 1. The fourth-order valence-corrected chi connectivity index (χ4v) is 5.79. The number of carbonyl (C=O) groups excluding carboxylic acids is 3. The molecule has 3 unspecified atom stereocenters. The number of nitrogens with one attached hydrogen (secondary N) is 1. The Hall–Kier alpha value is -4.77. The van der Waals surface area contributed by atoms with Crippen LogP contribution in [0, 0.1) is 0 Å². The third kappa shape index (κ3) is 6.83. The van der Waals surface area contributed by atoms with Gasteiger partial charge in [0, 0.05) is 12.8 Å². The normalized spacial score (nSPS) is 18.6. The molecule has 11 nitrogen and oxygen atoms in total. The molecule has 3 atom stereocenters. The Labute approximate surface area is 261 Å². The van der Waals surface area contributed by atoms with Crippen molar-refractivity contribution in [2.75, 3.05) is 20.2 Å². The third-order valence-electron chi connectivity index (χ3n) is 7.78. The number of hydrogen-bond acceptors (Lipinski definition) is 9. The monoisotopic (exact) mass is 616 g/mol. The van der Waals surface area contributed by atoms with E-state index in [9.17, 15) is 14.4 Å². The summed E-state index contributed by atoms with van der Waals surface area (Å²) in [4.78, 5) is 41.8. The standard InChI is InChI=1S/C34H36N2O9/c1-34(2,3)45-33(39)35-26(11-22-9-10-28-29(12-22)42-19-41-28)32(38)36-24(16-37)13-23-14-30-31(44-20-43-30)15-25(23)27(36)18-40-17-21-7-5-4-6-8-21/h4-10,12,14-16,24,26-27H,11,13,17-20H2,1-3H3,(H,35,39). The maximum Gasteiger partial charge on any atom is 0.408 e. The molecule has 0 radical (unpaired) electrons. The summed E-state index contributed by atoms with van der Waals surface area (Å²) in [5, 5.41) is 2.77. The quantitative estimate of drug-likeness (QED) is 0.347. The highest BCUT2D eigenvalue weighted by Gasteiger charge is 2.42. The zero-order valence-electron chi connectivity index (χ0n) is 25.4. The van der Waals surface area contributed by atoms with E-state index in [-0.39, 0.29) is 33.0 Å². The molecule has 0 fully saturated rings. The Morgan fingerprint density at radius 1 is 0.933 bits per heavy atom. The second-order valence-electron chi connectivity index (χ2n) is 12.2. The zero-order valence-corrected chi connectivity index (χ0v) is 25.4. The van der Waals surface area contributed by atoms with Gasteiger partial charge in [0.05, 0.1) is 25.3 Å². The van der Waals surface area contributed by atoms with Crippen LogP contribution in [0.15, 0.2) is 60.7 Å². The van der Waals surface area contributed by atoms with Gasteiger partial charge < -0.3 is 43.4 Å². The lowest BCUT2D eigenvalue weighted by atomic mass is 9.87. The first-order chi connectivity index (χ1) is 21.7. The molecule has 45 heavy (non-hydrogen) atoms. The molecule has 0 aliphatic carbocycles. The molecule has 2 amide bonds. The lowest BCUT2D eigenvalue weighted by Gasteiger charge is -2.42. The van der Waals surface area contributed by atoms with Gasteiger partial charge >= 0.3 is 6.09 Å². The largest absolute Gasteiger partial charge is 0.454 e. The van der Waals surface area contributed by atoms with Gasteiger partial charge in [0.15, 0.2) is 23.0 Å². The van der Waals surface area contributed by atoms with Crippen LogP contribution in [-0.4, -0.2) is 61.1 Å². The Balaban J connectivity index is 1.34. The molecule has 1 N–H and O–H groups in total. The van der Waals surface area contributed by atoms with E-state index in [1.807, 2.05) is 48.5 Å². The molecule has 11 heteroatoms. The summed E-state index contributed by atoms with van der Waals surface area (Å²) >= 11 is 0. The topological polar surface area (TPSA) is 122 Å². The van der Waals surface area contributed by atoms with Crippen LogP contribution in [0.5, 0.6) is 23.0 Å². The summed E-state index contributed by atoms with van der Waals surface area (Å²) in [6, 6.07) is 16.2. The Bertz CT molecular complexity index is 1570. The van der Waals surface area contributed by atoms with Crippen LogP contribution < -0.4 is 24.3 Å². The van der Waals surface area contributed by atoms with E-state index in [0.717, 1.165) is 28.5 Å². The predicted octanol–water partition coefficient (Wildman–Crippen LogP) is 4.49. The molecule has 0 aromatic heterocycles. The van der Waals surface area contributed by atoms with Crippen molar-refractivity contribution in [2.45, 2.75) is 63.9 Å². The van der Waals surface area contributed by atoms with Crippen LogP contribution in [0.3, 0.4) is 0 Å². The second kappa shape index (κ2) is 12.7. The summed E-state index contributed by atoms with van der Waals surface area (Å²) in [5.41, 5.74) is 2.56. The molecule has 3 aliphatic heterocycles. The molecule has 3 heterocycles. The Morgan fingerprint density at radius 3 is 2.33 bits per heavy atom.